The normalized spacial score (nSPS) is 19.3. The summed E-state index contributed by atoms with van der Waals surface area (Å²) in [7, 11) is 0. The molecule has 1 N–H and O–H groups in total. The van der Waals surface area contributed by atoms with Gasteiger partial charge in [0.1, 0.15) is 0 Å². The number of rotatable bonds is 4. The highest BCUT2D eigenvalue weighted by Crippen LogP contribution is 2.20. The van der Waals surface area contributed by atoms with Gasteiger partial charge in [0.25, 0.3) is 5.91 Å². The van der Waals surface area contributed by atoms with Gasteiger partial charge in [-0.05, 0) is 12.8 Å². The summed E-state index contributed by atoms with van der Waals surface area (Å²) in [6.07, 6.45) is 8.81. The molecule has 1 aliphatic heterocycles. The first-order chi connectivity index (χ1) is 10.8. The van der Waals surface area contributed by atoms with E-state index in [4.69, 9.17) is 0 Å². The van der Waals surface area contributed by atoms with Gasteiger partial charge in [-0.25, -0.2) is 9.97 Å². The van der Waals surface area contributed by atoms with Gasteiger partial charge in [-0.15, -0.1) is 0 Å². The van der Waals surface area contributed by atoms with Crippen LogP contribution in [0.1, 0.15) is 36.0 Å². The number of hydrogen-bond donors (Lipinski definition) is 1. The van der Waals surface area contributed by atoms with E-state index in [-0.39, 0.29) is 5.91 Å². The molecule has 0 atom stereocenters. The van der Waals surface area contributed by atoms with E-state index < -0.39 is 0 Å². The molecule has 1 saturated heterocycles. The molecular formula is C15H21N5O2. The summed E-state index contributed by atoms with van der Waals surface area (Å²) < 4.78 is 0. The molecule has 2 heterocycles. The fraction of sp³-hybridized carbons (Fsp3) is 0.600. The molecule has 3 rings (SSSR count). The van der Waals surface area contributed by atoms with Crippen LogP contribution >= 0.6 is 0 Å². The Labute approximate surface area is 129 Å². The molecule has 0 bridgehead atoms. The van der Waals surface area contributed by atoms with E-state index in [9.17, 15) is 9.59 Å². The molecule has 0 aromatic carbocycles. The Morgan fingerprint density at radius 2 is 1.77 bits per heavy atom. The van der Waals surface area contributed by atoms with Crippen molar-refractivity contribution >= 4 is 18.3 Å². The Morgan fingerprint density at radius 1 is 1.14 bits per heavy atom. The van der Waals surface area contributed by atoms with Crippen LogP contribution in [-0.4, -0.2) is 64.3 Å². The third kappa shape index (κ3) is 3.35. The maximum Gasteiger partial charge on any atom is 0.257 e. The van der Waals surface area contributed by atoms with Crippen LogP contribution in [0.2, 0.25) is 0 Å². The summed E-state index contributed by atoms with van der Waals surface area (Å²) in [4.78, 5) is 35.0. The number of anilines is 1. The number of piperazine rings is 1. The van der Waals surface area contributed by atoms with Gasteiger partial charge < -0.3 is 15.1 Å². The summed E-state index contributed by atoms with van der Waals surface area (Å²) in [5, 5.41) is 3.31. The topological polar surface area (TPSA) is 78.4 Å². The summed E-state index contributed by atoms with van der Waals surface area (Å²) in [6.45, 7) is 2.27. The Kier molecular flexibility index (Phi) is 4.50. The second-order valence-electron chi connectivity index (χ2n) is 5.85. The molecule has 2 aliphatic rings. The number of hydrogen-bond acceptors (Lipinski definition) is 5. The van der Waals surface area contributed by atoms with Crippen LogP contribution in [0.15, 0.2) is 12.4 Å². The number of amides is 2. The lowest BCUT2D eigenvalue weighted by molar-refractivity contribution is -0.119. The van der Waals surface area contributed by atoms with Crippen LogP contribution in [0.4, 0.5) is 5.95 Å². The van der Waals surface area contributed by atoms with Gasteiger partial charge in [0.15, 0.2) is 0 Å². The predicted octanol–water partition coefficient (Wildman–Crippen LogP) is 0.745. The highest BCUT2D eigenvalue weighted by molar-refractivity contribution is 5.93. The van der Waals surface area contributed by atoms with E-state index in [1.165, 1.54) is 12.8 Å². The van der Waals surface area contributed by atoms with E-state index >= 15 is 0 Å². The number of aromatic nitrogens is 2. The van der Waals surface area contributed by atoms with Gasteiger partial charge in [-0.1, -0.05) is 12.8 Å². The predicted molar refractivity (Wildman–Crippen MR) is 81.5 cm³/mol. The molecule has 2 fully saturated rings. The van der Waals surface area contributed by atoms with Crippen LogP contribution in [0.25, 0.3) is 0 Å². The Hall–Kier alpha value is -2.18. The average Bonchev–Trinajstić information content (AvgIpc) is 3.08. The highest BCUT2D eigenvalue weighted by Gasteiger charge is 2.22. The molecule has 118 valence electrons. The van der Waals surface area contributed by atoms with Crippen LogP contribution in [-0.2, 0) is 4.79 Å². The zero-order valence-electron chi connectivity index (χ0n) is 12.6. The smallest absolute Gasteiger partial charge is 0.257 e. The molecule has 7 nitrogen and oxygen atoms in total. The minimum absolute atomic E-state index is 0.0713. The van der Waals surface area contributed by atoms with Gasteiger partial charge in [0, 0.05) is 44.6 Å². The second-order valence-corrected chi connectivity index (χ2v) is 5.85. The molecule has 22 heavy (non-hydrogen) atoms. The molecule has 7 heteroatoms. The third-order valence-electron chi connectivity index (χ3n) is 4.34. The van der Waals surface area contributed by atoms with Crippen molar-refractivity contribution in [2.75, 3.05) is 31.5 Å². The summed E-state index contributed by atoms with van der Waals surface area (Å²) in [5.74, 6) is 0.521. The Morgan fingerprint density at radius 3 is 2.36 bits per heavy atom. The SMILES string of the molecule is O=CN1CCN(C(=O)c2cnc(NC3CCCC3)nc2)CC1. The second kappa shape index (κ2) is 6.72. The van der Waals surface area contributed by atoms with Crippen molar-refractivity contribution in [2.45, 2.75) is 31.7 Å². The molecular weight excluding hydrogens is 282 g/mol. The van der Waals surface area contributed by atoms with Gasteiger partial charge in [-0.3, -0.25) is 9.59 Å². The maximum atomic E-state index is 12.4. The minimum Gasteiger partial charge on any atom is -0.351 e. The Balaban J connectivity index is 1.57. The summed E-state index contributed by atoms with van der Waals surface area (Å²) in [5.41, 5.74) is 0.497. The summed E-state index contributed by atoms with van der Waals surface area (Å²) >= 11 is 0. The van der Waals surface area contributed by atoms with Crippen LogP contribution in [0.5, 0.6) is 0 Å². The zero-order valence-corrected chi connectivity index (χ0v) is 12.6. The van der Waals surface area contributed by atoms with Gasteiger partial charge in [-0.2, -0.15) is 0 Å². The first-order valence-corrected chi connectivity index (χ1v) is 7.83. The lowest BCUT2D eigenvalue weighted by atomic mass is 10.2. The first kappa shape index (κ1) is 14.7. The van der Waals surface area contributed by atoms with Crippen molar-refractivity contribution in [3.8, 4) is 0 Å². The number of carbonyl (C=O) groups excluding carboxylic acids is 2. The van der Waals surface area contributed by atoms with Crippen molar-refractivity contribution in [3.05, 3.63) is 18.0 Å². The van der Waals surface area contributed by atoms with Crippen molar-refractivity contribution < 1.29 is 9.59 Å². The van der Waals surface area contributed by atoms with Crippen LogP contribution < -0.4 is 5.32 Å². The fourth-order valence-corrected chi connectivity index (χ4v) is 2.98. The average molecular weight is 303 g/mol. The number of nitrogens with one attached hydrogen (secondary N) is 1. The third-order valence-corrected chi connectivity index (χ3v) is 4.34. The van der Waals surface area contributed by atoms with Crippen LogP contribution in [0, 0.1) is 0 Å². The van der Waals surface area contributed by atoms with E-state index in [0.717, 1.165) is 19.3 Å². The Bertz CT molecular complexity index is 519. The van der Waals surface area contributed by atoms with Crippen molar-refractivity contribution in [1.82, 2.24) is 19.8 Å². The highest BCUT2D eigenvalue weighted by atomic mass is 16.2. The lowest BCUT2D eigenvalue weighted by Crippen LogP contribution is -2.48. The fourth-order valence-electron chi connectivity index (χ4n) is 2.98. The lowest BCUT2D eigenvalue weighted by Gasteiger charge is -2.32. The minimum atomic E-state index is -0.0713. The van der Waals surface area contributed by atoms with Gasteiger partial charge in [0.05, 0.1) is 5.56 Å². The van der Waals surface area contributed by atoms with Gasteiger partial charge >= 0.3 is 0 Å². The van der Waals surface area contributed by atoms with Gasteiger partial charge in [0.2, 0.25) is 12.4 Å². The van der Waals surface area contributed by atoms with E-state index in [0.29, 0.717) is 43.7 Å². The van der Waals surface area contributed by atoms with E-state index in [2.05, 4.69) is 15.3 Å². The molecule has 0 unspecified atom stereocenters. The van der Waals surface area contributed by atoms with Crippen molar-refractivity contribution in [1.29, 1.82) is 0 Å². The van der Waals surface area contributed by atoms with E-state index in [1.54, 1.807) is 22.2 Å². The van der Waals surface area contributed by atoms with Crippen molar-refractivity contribution in [3.63, 3.8) is 0 Å². The van der Waals surface area contributed by atoms with Crippen LogP contribution in [0.3, 0.4) is 0 Å². The molecule has 0 radical (unpaired) electrons. The first-order valence-electron chi connectivity index (χ1n) is 7.83. The van der Waals surface area contributed by atoms with Crippen molar-refractivity contribution in [2.24, 2.45) is 0 Å². The molecule has 1 saturated carbocycles. The summed E-state index contributed by atoms with van der Waals surface area (Å²) in [6, 6.07) is 0.456. The zero-order chi connectivity index (χ0) is 15.4. The monoisotopic (exact) mass is 303 g/mol. The quantitative estimate of drug-likeness (QED) is 0.830. The number of carbonyl (C=O) groups is 2. The molecule has 1 aliphatic carbocycles. The molecule has 2 amide bonds. The largest absolute Gasteiger partial charge is 0.351 e. The molecule has 0 spiro atoms. The molecule has 1 aromatic rings. The maximum absolute atomic E-state index is 12.4. The standard InChI is InChI=1S/C15H21N5O2/c21-11-19-5-7-20(8-6-19)14(22)12-9-16-15(17-10-12)18-13-3-1-2-4-13/h9-11,13H,1-8H2,(H,16,17,18). The van der Waals surface area contributed by atoms with E-state index in [1.807, 2.05) is 0 Å². The number of nitrogens with zero attached hydrogens (tertiary/aromatic N) is 4. The molecule has 1 aromatic heterocycles.